The van der Waals surface area contributed by atoms with Crippen molar-refractivity contribution in [1.29, 1.82) is 0 Å². The normalized spacial score (nSPS) is 10.8. The molecule has 0 amide bonds. The van der Waals surface area contributed by atoms with Gasteiger partial charge in [-0.1, -0.05) is 0 Å². The molecule has 80 valence electrons. The number of aromatic nitrogens is 4. The average molecular weight is 208 g/mol. The third kappa shape index (κ3) is 2.23. The van der Waals surface area contributed by atoms with Gasteiger partial charge < -0.3 is 10.2 Å². The van der Waals surface area contributed by atoms with E-state index >= 15 is 0 Å². The first-order valence-corrected chi connectivity index (χ1v) is 4.57. The summed E-state index contributed by atoms with van der Waals surface area (Å²) in [7, 11) is 0. The van der Waals surface area contributed by atoms with Crippen LogP contribution in [0.2, 0.25) is 0 Å². The summed E-state index contributed by atoms with van der Waals surface area (Å²) in [5.74, 6) is 0. The van der Waals surface area contributed by atoms with Gasteiger partial charge in [0.05, 0.1) is 25.1 Å². The molecule has 0 saturated heterocycles. The van der Waals surface area contributed by atoms with Crippen LogP contribution in [0.15, 0.2) is 24.7 Å². The Morgan fingerprint density at radius 3 is 2.67 bits per heavy atom. The lowest BCUT2D eigenvalue weighted by Crippen LogP contribution is -2.09. The zero-order valence-corrected chi connectivity index (χ0v) is 8.11. The van der Waals surface area contributed by atoms with Gasteiger partial charge in [0.1, 0.15) is 6.67 Å². The molecule has 0 aliphatic rings. The molecule has 2 heterocycles. The van der Waals surface area contributed by atoms with Crippen LogP contribution in [0.25, 0.3) is 0 Å². The molecule has 0 atom stereocenters. The van der Waals surface area contributed by atoms with Crippen molar-refractivity contribution in [3.63, 3.8) is 0 Å². The SMILES string of the molecule is OCc1cnn(Cn2ccc(CO)n2)c1. The number of rotatable bonds is 4. The van der Waals surface area contributed by atoms with Gasteiger partial charge in [0, 0.05) is 18.0 Å². The molecule has 6 nitrogen and oxygen atoms in total. The molecule has 0 spiro atoms. The summed E-state index contributed by atoms with van der Waals surface area (Å²) in [6.07, 6.45) is 5.13. The maximum absolute atomic E-state index is 8.85. The molecule has 0 fully saturated rings. The Balaban J connectivity index is 2.07. The monoisotopic (exact) mass is 208 g/mol. The molecule has 0 unspecified atom stereocenters. The highest BCUT2D eigenvalue weighted by molar-refractivity contribution is 5.01. The van der Waals surface area contributed by atoms with Crippen molar-refractivity contribution in [1.82, 2.24) is 19.6 Å². The fraction of sp³-hybridized carbons (Fsp3) is 0.333. The minimum Gasteiger partial charge on any atom is -0.392 e. The largest absolute Gasteiger partial charge is 0.392 e. The summed E-state index contributed by atoms with van der Waals surface area (Å²) in [4.78, 5) is 0. The topological polar surface area (TPSA) is 76.1 Å². The Bertz CT molecular complexity index is 395. The summed E-state index contributed by atoms with van der Waals surface area (Å²) >= 11 is 0. The zero-order chi connectivity index (χ0) is 10.7. The zero-order valence-electron chi connectivity index (χ0n) is 8.11. The van der Waals surface area contributed by atoms with Crippen LogP contribution < -0.4 is 0 Å². The van der Waals surface area contributed by atoms with Crippen molar-refractivity contribution in [2.75, 3.05) is 0 Å². The van der Waals surface area contributed by atoms with Gasteiger partial charge in [-0.25, -0.2) is 0 Å². The van der Waals surface area contributed by atoms with Crippen molar-refractivity contribution < 1.29 is 10.2 Å². The van der Waals surface area contributed by atoms with Crippen LogP contribution in [0.1, 0.15) is 11.3 Å². The maximum Gasteiger partial charge on any atom is 0.133 e. The predicted molar refractivity (Wildman–Crippen MR) is 51.7 cm³/mol. The Kier molecular flexibility index (Phi) is 2.79. The van der Waals surface area contributed by atoms with Gasteiger partial charge in [0.2, 0.25) is 0 Å². The van der Waals surface area contributed by atoms with Gasteiger partial charge in [0.25, 0.3) is 0 Å². The predicted octanol–water partition coefficient (Wildman–Crippen LogP) is -0.430. The molecule has 2 aromatic rings. The lowest BCUT2D eigenvalue weighted by Gasteiger charge is -2.00. The first-order valence-electron chi connectivity index (χ1n) is 4.57. The van der Waals surface area contributed by atoms with Crippen molar-refractivity contribution in [3.05, 3.63) is 35.9 Å². The number of hydrogen-bond acceptors (Lipinski definition) is 4. The van der Waals surface area contributed by atoms with Crippen LogP contribution in [-0.2, 0) is 19.9 Å². The van der Waals surface area contributed by atoms with Crippen LogP contribution in [0.4, 0.5) is 0 Å². The smallest absolute Gasteiger partial charge is 0.133 e. The number of aliphatic hydroxyl groups is 2. The first-order chi connectivity index (χ1) is 7.31. The number of nitrogens with zero attached hydrogens (tertiary/aromatic N) is 4. The third-order valence-corrected chi connectivity index (χ3v) is 2.02. The Hall–Kier alpha value is -1.66. The van der Waals surface area contributed by atoms with E-state index in [-0.39, 0.29) is 13.2 Å². The Morgan fingerprint density at radius 1 is 1.20 bits per heavy atom. The van der Waals surface area contributed by atoms with Crippen LogP contribution in [0.3, 0.4) is 0 Å². The van der Waals surface area contributed by atoms with Crippen molar-refractivity contribution in [2.45, 2.75) is 19.9 Å². The third-order valence-electron chi connectivity index (χ3n) is 2.02. The molecule has 0 bridgehead atoms. The highest BCUT2D eigenvalue weighted by atomic mass is 16.3. The van der Waals surface area contributed by atoms with E-state index in [4.69, 9.17) is 10.2 Å². The fourth-order valence-corrected chi connectivity index (χ4v) is 1.28. The van der Waals surface area contributed by atoms with E-state index in [1.165, 1.54) is 0 Å². The molecule has 0 aromatic carbocycles. The second kappa shape index (κ2) is 4.24. The van der Waals surface area contributed by atoms with E-state index in [2.05, 4.69) is 10.2 Å². The Labute approximate surface area is 86.4 Å². The minimum absolute atomic E-state index is 0.0129. The molecular formula is C9H12N4O2. The standard InChI is InChI=1S/C9H12N4O2/c14-5-8-3-10-13(4-8)7-12-2-1-9(6-15)11-12/h1-4,14-15H,5-7H2. The van der Waals surface area contributed by atoms with Gasteiger partial charge in [-0.2, -0.15) is 10.2 Å². The second-order valence-corrected chi connectivity index (χ2v) is 3.19. The lowest BCUT2D eigenvalue weighted by atomic mass is 10.4. The molecule has 0 saturated carbocycles. The van der Waals surface area contributed by atoms with Gasteiger partial charge in [-0.05, 0) is 6.07 Å². The Morgan fingerprint density at radius 2 is 2.07 bits per heavy atom. The number of hydrogen-bond donors (Lipinski definition) is 2. The van der Waals surface area contributed by atoms with E-state index in [0.717, 1.165) is 5.56 Å². The van der Waals surface area contributed by atoms with Crippen molar-refractivity contribution in [3.8, 4) is 0 Å². The summed E-state index contributed by atoms with van der Waals surface area (Å²) in [6, 6.07) is 1.75. The molecule has 0 radical (unpaired) electrons. The highest BCUT2D eigenvalue weighted by Gasteiger charge is 2.00. The molecule has 2 aromatic heterocycles. The quantitative estimate of drug-likeness (QED) is 0.714. The molecule has 6 heteroatoms. The van der Waals surface area contributed by atoms with E-state index in [9.17, 15) is 0 Å². The fourth-order valence-electron chi connectivity index (χ4n) is 1.28. The second-order valence-electron chi connectivity index (χ2n) is 3.19. The summed E-state index contributed by atoms with van der Waals surface area (Å²) in [5, 5.41) is 25.8. The molecular weight excluding hydrogens is 196 g/mol. The highest BCUT2D eigenvalue weighted by Crippen LogP contribution is 1.99. The number of aliphatic hydroxyl groups excluding tert-OH is 2. The summed E-state index contributed by atoms with van der Waals surface area (Å²) in [5.41, 5.74) is 1.40. The lowest BCUT2D eigenvalue weighted by molar-refractivity contribution is 0.274. The molecule has 15 heavy (non-hydrogen) atoms. The van der Waals surface area contributed by atoms with Crippen LogP contribution in [0, 0.1) is 0 Å². The summed E-state index contributed by atoms with van der Waals surface area (Å²) < 4.78 is 3.33. The maximum atomic E-state index is 8.85. The molecule has 0 aliphatic carbocycles. The van der Waals surface area contributed by atoms with E-state index in [1.807, 2.05) is 0 Å². The van der Waals surface area contributed by atoms with Crippen LogP contribution in [-0.4, -0.2) is 29.8 Å². The molecule has 2 rings (SSSR count). The van der Waals surface area contributed by atoms with E-state index in [0.29, 0.717) is 12.4 Å². The first kappa shape index (κ1) is 9.88. The average Bonchev–Trinajstić information content (AvgIpc) is 2.87. The van der Waals surface area contributed by atoms with Crippen molar-refractivity contribution in [2.24, 2.45) is 0 Å². The van der Waals surface area contributed by atoms with Crippen LogP contribution >= 0.6 is 0 Å². The molecule has 0 aliphatic heterocycles. The van der Waals surface area contributed by atoms with Crippen molar-refractivity contribution >= 4 is 0 Å². The van der Waals surface area contributed by atoms with E-state index in [1.54, 1.807) is 34.0 Å². The summed E-state index contributed by atoms with van der Waals surface area (Å²) in [6.45, 7) is 0.398. The van der Waals surface area contributed by atoms with Gasteiger partial charge >= 0.3 is 0 Å². The minimum atomic E-state index is -0.0615. The van der Waals surface area contributed by atoms with Gasteiger partial charge in [0.15, 0.2) is 0 Å². The molecule has 2 N–H and O–H groups in total. The van der Waals surface area contributed by atoms with Crippen LogP contribution in [0.5, 0.6) is 0 Å². The van der Waals surface area contributed by atoms with E-state index < -0.39 is 0 Å². The van der Waals surface area contributed by atoms with Gasteiger partial charge in [-0.15, -0.1) is 0 Å². The van der Waals surface area contributed by atoms with Gasteiger partial charge in [-0.3, -0.25) is 9.36 Å².